The molecule has 0 bridgehead atoms. The molecule has 0 radical (unpaired) electrons. The monoisotopic (exact) mass is 285 g/mol. The van der Waals surface area contributed by atoms with Gasteiger partial charge in [0.1, 0.15) is 0 Å². The van der Waals surface area contributed by atoms with Crippen molar-refractivity contribution in [2.45, 2.75) is 19.0 Å². The van der Waals surface area contributed by atoms with E-state index in [1.165, 1.54) is 12.1 Å². The first-order valence-corrected chi connectivity index (χ1v) is 6.91. The van der Waals surface area contributed by atoms with Crippen LogP contribution in [0.2, 0.25) is 0 Å². The van der Waals surface area contributed by atoms with E-state index in [0.717, 1.165) is 31.7 Å². The van der Waals surface area contributed by atoms with Gasteiger partial charge in [-0.2, -0.15) is 0 Å². The topological polar surface area (TPSA) is 30.5 Å². The van der Waals surface area contributed by atoms with Gasteiger partial charge in [-0.25, -0.2) is 8.78 Å². The summed E-state index contributed by atoms with van der Waals surface area (Å²) in [6.45, 7) is 3.06. The summed E-state index contributed by atoms with van der Waals surface area (Å²) in [5.74, 6) is 0.379. The van der Waals surface area contributed by atoms with Crippen LogP contribution in [0.25, 0.3) is 0 Å². The van der Waals surface area contributed by atoms with Crippen molar-refractivity contribution in [3.05, 3.63) is 35.4 Å². The van der Waals surface area contributed by atoms with Gasteiger partial charge in [0.2, 0.25) is 0 Å². The third-order valence-electron chi connectivity index (χ3n) is 3.62. The van der Waals surface area contributed by atoms with Crippen LogP contribution in [-0.2, 0) is 9.47 Å². The molecule has 1 aliphatic heterocycles. The molecule has 0 saturated carbocycles. The fourth-order valence-electron chi connectivity index (χ4n) is 2.50. The lowest BCUT2D eigenvalue weighted by Gasteiger charge is -2.19. The van der Waals surface area contributed by atoms with Crippen molar-refractivity contribution in [2.24, 2.45) is 5.92 Å². The van der Waals surface area contributed by atoms with Crippen LogP contribution in [0.1, 0.15) is 30.1 Å². The average Bonchev–Trinajstić information content (AvgIpc) is 2.92. The van der Waals surface area contributed by atoms with Crippen LogP contribution in [0.3, 0.4) is 0 Å². The number of hydrogen-bond donors (Lipinski definition) is 1. The second-order valence-corrected chi connectivity index (χ2v) is 5.00. The summed E-state index contributed by atoms with van der Waals surface area (Å²) in [5, 5.41) is 3.33. The van der Waals surface area contributed by atoms with Gasteiger partial charge in [-0.15, -0.1) is 0 Å². The van der Waals surface area contributed by atoms with Crippen molar-refractivity contribution in [1.29, 1.82) is 0 Å². The number of alkyl halides is 2. The summed E-state index contributed by atoms with van der Waals surface area (Å²) in [5.41, 5.74) is 1.03. The third-order valence-corrected chi connectivity index (χ3v) is 3.62. The molecular formula is C15H21F2NO2. The minimum absolute atomic E-state index is 0.00299. The summed E-state index contributed by atoms with van der Waals surface area (Å²) in [4.78, 5) is 0. The number of halogens is 2. The van der Waals surface area contributed by atoms with Gasteiger partial charge >= 0.3 is 0 Å². The molecule has 3 nitrogen and oxygen atoms in total. The van der Waals surface area contributed by atoms with Crippen LogP contribution >= 0.6 is 0 Å². The SMILES string of the molecule is COCCNCC1CCOC1c1ccc(C(F)F)cc1. The molecule has 1 aromatic rings. The Morgan fingerprint density at radius 1 is 1.35 bits per heavy atom. The molecule has 0 amide bonds. The maximum absolute atomic E-state index is 12.5. The van der Waals surface area contributed by atoms with Gasteiger partial charge < -0.3 is 14.8 Å². The Hall–Kier alpha value is -1.04. The van der Waals surface area contributed by atoms with Gasteiger partial charge in [-0.3, -0.25) is 0 Å². The molecule has 112 valence electrons. The first kappa shape index (κ1) is 15.4. The molecule has 1 fully saturated rings. The number of ether oxygens (including phenoxy) is 2. The van der Waals surface area contributed by atoms with E-state index in [-0.39, 0.29) is 11.7 Å². The van der Waals surface area contributed by atoms with Crippen molar-refractivity contribution >= 4 is 0 Å². The van der Waals surface area contributed by atoms with Gasteiger partial charge in [0, 0.05) is 38.3 Å². The van der Waals surface area contributed by atoms with Crippen LogP contribution in [0.15, 0.2) is 24.3 Å². The molecule has 5 heteroatoms. The Bertz CT molecular complexity index is 397. The molecule has 0 aromatic heterocycles. The van der Waals surface area contributed by atoms with E-state index in [0.29, 0.717) is 12.5 Å². The molecule has 2 unspecified atom stereocenters. The number of rotatable bonds is 7. The van der Waals surface area contributed by atoms with Gasteiger partial charge in [0.15, 0.2) is 0 Å². The minimum atomic E-state index is -2.42. The quantitative estimate of drug-likeness (QED) is 0.781. The van der Waals surface area contributed by atoms with Gasteiger partial charge in [-0.05, 0) is 12.0 Å². The van der Waals surface area contributed by atoms with Crippen molar-refractivity contribution < 1.29 is 18.3 Å². The fourth-order valence-corrected chi connectivity index (χ4v) is 2.50. The number of benzene rings is 1. The first-order valence-electron chi connectivity index (χ1n) is 6.91. The molecule has 1 N–H and O–H groups in total. The average molecular weight is 285 g/mol. The van der Waals surface area contributed by atoms with Crippen LogP contribution in [0.4, 0.5) is 8.78 Å². The standard InChI is InChI=1S/C15H21F2NO2/c1-19-9-7-18-10-13-6-8-20-14(13)11-2-4-12(5-3-11)15(16)17/h2-5,13-15,18H,6-10H2,1H3. The predicted molar refractivity (Wildman–Crippen MR) is 72.9 cm³/mol. The van der Waals surface area contributed by atoms with E-state index in [1.54, 1.807) is 19.2 Å². The molecule has 1 aliphatic rings. The van der Waals surface area contributed by atoms with Crippen LogP contribution in [0.5, 0.6) is 0 Å². The summed E-state index contributed by atoms with van der Waals surface area (Å²) in [7, 11) is 1.67. The zero-order valence-electron chi connectivity index (χ0n) is 11.6. The number of hydrogen-bond acceptors (Lipinski definition) is 3. The molecule has 2 atom stereocenters. The van der Waals surface area contributed by atoms with Gasteiger partial charge in [0.25, 0.3) is 6.43 Å². The maximum atomic E-state index is 12.5. The molecule has 1 aromatic carbocycles. The van der Waals surface area contributed by atoms with E-state index in [1.807, 2.05) is 0 Å². The fraction of sp³-hybridized carbons (Fsp3) is 0.600. The minimum Gasteiger partial charge on any atom is -0.383 e. The van der Waals surface area contributed by atoms with E-state index in [4.69, 9.17) is 9.47 Å². The highest BCUT2D eigenvalue weighted by Crippen LogP contribution is 2.34. The van der Waals surface area contributed by atoms with Crippen molar-refractivity contribution in [3.8, 4) is 0 Å². The van der Waals surface area contributed by atoms with Crippen molar-refractivity contribution in [3.63, 3.8) is 0 Å². The highest BCUT2D eigenvalue weighted by molar-refractivity contribution is 5.26. The van der Waals surface area contributed by atoms with Crippen molar-refractivity contribution in [1.82, 2.24) is 5.32 Å². The Labute approximate surface area is 118 Å². The summed E-state index contributed by atoms with van der Waals surface area (Å²) in [6.07, 6.45) is -1.43. The number of methoxy groups -OCH3 is 1. The Morgan fingerprint density at radius 2 is 2.10 bits per heavy atom. The molecule has 20 heavy (non-hydrogen) atoms. The molecule has 1 heterocycles. The highest BCUT2D eigenvalue weighted by atomic mass is 19.3. The Balaban J connectivity index is 1.92. The summed E-state index contributed by atoms with van der Waals surface area (Å²) >= 11 is 0. The van der Waals surface area contributed by atoms with Crippen LogP contribution in [0, 0.1) is 5.92 Å². The molecule has 0 aliphatic carbocycles. The highest BCUT2D eigenvalue weighted by Gasteiger charge is 2.29. The Kier molecular flexibility index (Phi) is 5.88. The largest absolute Gasteiger partial charge is 0.383 e. The molecule has 0 spiro atoms. The van der Waals surface area contributed by atoms with E-state index in [2.05, 4.69) is 5.32 Å². The Morgan fingerprint density at radius 3 is 2.75 bits per heavy atom. The second-order valence-electron chi connectivity index (χ2n) is 5.00. The van der Waals surface area contributed by atoms with Crippen LogP contribution < -0.4 is 5.32 Å². The predicted octanol–water partition coefficient (Wildman–Crippen LogP) is 2.94. The van der Waals surface area contributed by atoms with Gasteiger partial charge in [-0.1, -0.05) is 24.3 Å². The zero-order valence-corrected chi connectivity index (χ0v) is 11.6. The summed E-state index contributed by atoms with van der Waals surface area (Å²) < 4.78 is 35.8. The van der Waals surface area contributed by atoms with Crippen LogP contribution in [-0.4, -0.2) is 33.4 Å². The molecule has 1 saturated heterocycles. The normalized spacial score (nSPS) is 22.6. The first-order chi connectivity index (χ1) is 9.72. The van der Waals surface area contributed by atoms with Gasteiger partial charge in [0.05, 0.1) is 12.7 Å². The summed E-state index contributed by atoms with van der Waals surface area (Å²) in [6, 6.07) is 6.47. The lowest BCUT2D eigenvalue weighted by atomic mass is 9.94. The lowest BCUT2D eigenvalue weighted by molar-refractivity contribution is 0.0897. The van der Waals surface area contributed by atoms with Crippen molar-refractivity contribution in [2.75, 3.05) is 33.4 Å². The van der Waals surface area contributed by atoms with E-state index >= 15 is 0 Å². The maximum Gasteiger partial charge on any atom is 0.263 e. The third kappa shape index (κ3) is 3.98. The lowest BCUT2D eigenvalue weighted by Crippen LogP contribution is -2.27. The smallest absolute Gasteiger partial charge is 0.263 e. The second kappa shape index (κ2) is 7.67. The number of nitrogens with one attached hydrogen (secondary N) is 1. The van der Waals surface area contributed by atoms with E-state index in [9.17, 15) is 8.78 Å². The zero-order chi connectivity index (χ0) is 14.4. The molecular weight excluding hydrogens is 264 g/mol. The molecule has 2 rings (SSSR count). The van der Waals surface area contributed by atoms with E-state index < -0.39 is 6.43 Å².